The fraction of sp³-hybridized carbons (Fsp3) is 0.300. The number of pyridine rings is 1. The van der Waals surface area contributed by atoms with E-state index in [9.17, 15) is 13.5 Å². The largest absolute Gasteiger partial charge is 0.508 e. The summed E-state index contributed by atoms with van der Waals surface area (Å²) < 4.78 is 36.4. The quantitative estimate of drug-likeness (QED) is 0.239. The lowest BCUT2D eigenvalue weighted by Crippen LogP contribution is -2.48. The maximum atomic E-state index is 13.6. The van der Waals surface area contributed by atoms with E-state index in [1.807, 2.05) is 30.3 Å². The summed E-state index contributed by atoms with van der Waals surface area (Å²) >= 11 is 12.1. The van der Waals surface area contributed by atoms with E-state index in [0.717, 1.165) is 42.4 Å². The first-order chi connectivity index (χ1) is 19.3. The van der Waals surface area contributed by atoms with Gasteiger partial charge in [-0.2, -0.15) is 0 Å². The van der Waals surface area contributed by atoms with Gasteiger partial charge >= 0.3 is 0 Å². The van der Waals surface area contributed by atoms with Crippen LogP contribution >= 0.6 is 23.2 Å². The summed E-state index contributed by atoms with van der Waals surface area (Å²) in [6.07, 6.45) is 5.55. The molecule has 1 atom stereocenters. The van der Waals surface area contributed by atoms with E-state index in [0.29, 0.717) is 35.0 Å². The van der Waals surface area contributed by atoms with E-state index >= 15 is 0 Å². The Morgan fingerprint density at radius 3 is 2.50 bits per heavy atom. The molecule has 0 saturated carbocycles. The number of sulfonamides is 1. The molecule has 0 bridgehead atoms. The van der Waals surface area contributed by atoms with Gasteiger partial charge in [0.1, 0.15) is 5.75 Å². The molecule has 1 aliphatic heterocycles. The molecular formula is C30H31Cl2N3O4S. The fourth-order valence-electron chi connectivity index (χ4n) is 5.08. The molecule has 1 saturated heterocycles. The molecule has 7 nitrogen and oxygen atoms in total. The molecule has 210 valence electrons. The van der Waals surface area contributed by atoms with Crippen molar-refractivity contribution in [3.8, 4) is 5.75 Å². The Kier molecular flexibility index (Phi) is 9.25. The van der Waals surface area contributed by atoms with Crippen LogP contribution in [0.1, 0.15) is 24.0 Å². The number of rotatable bonds is 10. The van der Waals surface area contributed by atoms with Crippen molar-refractivity contribution in [2.45, 2.75) is 42.9 Å². The van der Waals surface area contributed by atoms with E-state index < -0.39 is 10.0 Å². The molecule has 0 spiro atoms. The number of fused-ring (bicyclic) bond motifs is 1. The Bertz CT molecular complexity index is 1550. The summed E-state index contributed by atoms with van der Waals surface area (Å²) in [7, 11) is -3.82. The number of ether oxygens (including phenoxy) is 1. The third kappa shape index (κ3) is 7.32. The van der Waals surface area contributed by atoms with Gasteiger partial charge in [-0.05, 0) is 66.8 Å². The molecule has 1 unspecified atom stereocenters. The summed E-state index contributed by atoms with van der Waals surface area (Å²) in [5, 5.41) is 12.1. The second-order valence-corrected chi connectivity index (χ2v) is 12.6. The van der Waals surface area contributed by atoms with Gasteiger partial charge < -0.3 is 14.7 Å². The van der Waals surface area contributed by atoms with Crippen molar-refractivity contribution in [2.75, 3.05) is 19.6 Å². The predicted molar refractivity (Wildman–Crippen MR) is 158 cm³/mol. The summed E-state index contributed by atoms with van der Waals surface area (Å²) in [4.78, 5) is 6.63. The fourth-order valence-corrected chi connectivity index (χ4v) is 6.86. The molecule has 10 heteroatoms. The molecule has 40 heavy (non-hydrogen) atoms. The van der Waals surface area contributed by atoms with Crippen LogP contribution in [0.15, 0.2) is 84.0 Å². The Morgan fingerprint density at radius 1 is 1.00 bits per heavy atom. The average Bonchev–Trinajstić information content (AvgIpc) is 2.95. The third-order valence-electron chi connectivity index (χ3n) is 7.15. The van der Waals surface area contributed by atoms with Crippen LogP contribution in [0.3, 0.4) is 0 Å². The smallest absolute Gasteiger partial charge is 0.241 e. The molecule has 1 fully saturated rings. The minimum absolute atomic E-state index is 0.113. The highest BCUT2D eigenvalue weighted by atomic mass is 35.5. The summed E-state index contributed by atoms with van der Waals surface area (Å²) in [6, 6.07) is 19.0. The topological polar surface area (TPSA) is 91.8 Å². The standard InChI is InChI=1S/C30H31Cl2N3O4S/c31-28-9-6-22(17-29(28)32)20-39-26-11-14-35(15-12-26)19-24(16-21-4-7-25(36)8-5-21)34-40(37,38)30-3-1-2-23-18-33-13-10-27(23)30/h1-10,13,17-18,24,26,34,36H,11-12,14-16,19-20H2. The van der Waals surface area contributed by atoms with E-state index in [1.54, 1.807) is 48.8 Å². The number of phenols is 1. The molecule has 1 aliphatic rings. The first-order valence-corrected chi connectivity index (χ1v) is 15.4. The highest BCUT2D eigenvalue weighted by Crippen LogP contribution is 2.25. The SMILES string of the molecule is O=S(=O)(NC(Cc1ccc(O)cc1)CN1CCC(OCc2ccc(Cl)c(Cl)c2)CC1)c1cccc2cnccc12. The van der Waals surface area contributed by atoms with Crippen LogP contribution in [0.5, 0.6) is 5.75 Å². The third-order valence-corrected chi connectivity index (χ3v) is 9.47. The maximum absolute atomic E-state index is 13.6. The van der Waals surface area contributed by atoms with Crippen LogP contribution in [0.25, 0.3) is 10.8 Å². The normalized spacial score (nSPS) is 15.8. The van der Waals surface area contributed by atoms with Gasteiger partial charge in [-0.25, -0.2) is 13.1 Å². The van der Waals surface area contributed by atoms with Crippen LogP contribution in [0, 0.1) is 0 Å². The number of phenolic OH excluding ortho intramolecular Hbond substituents is 1. The number of hydrogen-bond acceptors (Lipinski definition) is 6. The number of aromatic hydroxyl groups is 1. The van der Waals surface area contributed by atoms with Gasteiger partial charge in [0.25, 0.3) is 0 Å². The Balaban J connectivity index is 1.25. The van der Waals surface area contributed by atoms with Crippen LogP contribution in [0.2, 0.25) is 10.0 Å². The average molecular weight is 601 g/mol. The number of nitrogens with one attached hydrogen (secondary N) is 1. The lowest BCUT2D eigenvalue weighted by Gasteiger charge is -2.34. The van der Waals surface area contributed by atoms with Crippen molar-refractivity contribution < 1.29 is 18.3 Å². The second-order valence-electron chi connectivity index (χ2n) is 10.1. The second kappa shape index (κ2) is 12.9. The molecule has 5 rings (SSSR count). The number of likely N-dealkylation sites (tertiary alicyclic amines) is 1. The van der Waals surface area contributed by atoms with Crippen LogP contribution in [0.4, 0.5) is 0 Å². The minimum Gasteiger partial charge on any atom is -0.508 e. The van der Waals surface area contributed by atoms with E-state index in [1.165, 1.54) is 0 Å². The van der Waals surface area contributed by atoms with E-state index in [4.69, 9.17) is 27.9 Å². The Morgan fingerprint density at radius 2 is 1.75 bits per heavy atom. The zero-order valence-electron chi connectivity index (χ0n) is 21.8. The number of benzene rings is 3. The summed E-state index contributed by atoms with van der Waals surface area (Å²) in [5.74, 6) is 0.174. The number of piperidine rings is 1. The monoisotopic (exact) mass is 599 g/mol. The highest BCUT2D eigenvalue weighted by molar-refractivity contribution is 7.89. The van der Waals surface area contributed by atoms with Gasteiger partial charge in [0.15, 0.2) is 0 Å². The first kappa shape index (κ1) is 28.8. The molecule has 1 aromatic heterocycles. The van der Waals surface area contributed by atoms with Crippen molar-refractivity contribution in [2.24, 2.45) is 0 Å². The molecule has 2 N–H and O–H groups in total. The molecule has 3 aromatic carbocycles. The van der Waals surface area contributed by atoms with Gasteiger partial charge in [-0.15, -0.1) is 0 Å². The molecule has 4 aromatic rings. The van der Waals surface area contributed by atoms with E-state index in [-0.39, 0.29) is 22.8 Å². The van der Waals surface area contributed by atoms with Crippen LogP contribution in [-0.4, -0.2) is 55.2 Å². The van der Waals surface area contributed by atoms with Gasteiger partial charge in [0.2, 0.25) is 10.0 Å². The Labute approximate surface area is 244 Å². The van der Waals surface area contributed by atoms with Crippen molar-refractivity contribution >= 4 is 44.0 Å². The van der Waals surface area contributed by atoms with Crippen molar-refractivity contribution in [1.29, 1.82) is 0 Å². The Hall–Kier alpha value is -2.72. The molecule has 0 amide bonds. The first-order valence-electron chi connectivity index (χ1n) is 13.2. The molecule has 0 radical (unpaired) electrons. The molecular weight excluding hydrogens is 569 g/mol. The number of aromatic nitrogens is 1. The number of hydrogen-bond donors (Lipinski definition) is 2. The summed E-state index contributed by atoms with van der Waals surface area (Å²) in [6.45, 7) is 2.59. The van der Waals surface area contributed by atoms with Crippen molar-refractivity contribution in [3.63, 3.8) is 0 Å². The zero-order chi connectivity index (χ0) is 28.1. The van der Waals surface area contributed by atoms with Gasteiger partial charge in [-0.1, -0.05) is 53.5 Å². The lowest BCUT2D eigenvalue weighted by molar-refractivity contribution is -0.00357. The van der Waals surface area contributed by atoms with Crippen molar-refractivity contribution in [3.05, 3.63) is 100 Å². The number of nitrogens with zero attached hydrogens (tertiary/aromatic N) is 2. The molecule has 2 heterocycles. The lowest BCUT2D eigenvalue weighted by atomic mass is 10.0. The highest BCUT2D eigenvalue weighted by Gasteiger charge is 2.27. The maximum Gasteiger partial charge on any atom is 0.241 e. The van der Waals surface area contributed by atoms with Gasteiger partial charge in [0, 0.05) is 48.8 Å². The molecule has 0 aliphatic carbocycles. The van der Waals surface area contributed by atoms with Crippen LogP contribution in [-0.2, 0) is 27.8 Å². The summed E-state index contributed by atoms with van der Waals surface area (Å²) in [5.41, 5.74) is 1.91. The predicted octanol–water partition coefficient (Wildman–Crippen LogP) is 5.82. The minimum atomic E-state index is -3.82. The van der Waals surface area contributed by atoms with E-state index in [2.05, 4.69) is 14.6 Å². The zero-order valence-corrected chi connectivity index (χ0v) is 24.2. The van der Waals surface area contributed by atoms with Gasteiger partial charge in [-0.3, -0.25) is 4.98 Å². The number of halogens is 2. The van der Waals surface area contributed by atoms with Crippen molar-refractivity contribution in [1.82, 2.24) is 14.6 Å². The van der Waals surface area contributed by atoms with Gasteiger partial charge in [0.05, 0.1) is 27.7 Å². The van der Waals surface area contributed by atoms with Crippen LogP contribution < -0.4 is 4.72 Å².